The molecule has 2 amide bonds. The smallest absolute Gasteiger partial charge is 0.315 e. The topological polar surface area (TPSA) is 61.4 Å². The van der Waals surface area contributed by atoms with Crippen LogP contribution in [0.4, 0.5) is 4.79 Å². The number of urea groups is 1. The van der Waals surface area contributed by atoms with Gasteiger partial charge < -0.3 is 15.7 Å². The normalized spacial score (nSPS) is 16.6. The Balaban J connectivity index is 3.76. The Hall–Kier alpha value is -0.770. The highest BCUT2D eigenvalue weighted by Crippen LogP contribution is 2.08. The van der Waals surface area contributed by atoms with Crippen LogP contribution in [0.15, 0.2) is 0 Å². The first-order valence-corrected chi connectivity index (χ1v) is 5.67. The van der Waals surface area contributed by atoms with E-state index >= 15 is 0 Å². The minimum Gasteiger partial charge on any atom is -0.394 e. The zero-order chi connectivity index (χ0) is 11.8. The first-order valence-electron chi connectivity index (χ1n) is 5.67. The molecule has 4 heteroatoms. The second-order valence-electron chi connectivity index (χ2n) is 4.35. The van der Waals surface area contributed by atoms with Crippen LogP contribution in [0.3, 0.4) is 0 Å². The third kappa shape index (κ3) is 7.19. The van der Waals surface area contributed by atoms with Gasteiger partial charge >= 0.3 is 6.03 Å². The van der Waals surface area contributed by atoms with Crippen LogP contribution < -0.4 is 10.6 Å². The number of carbonyl (C=O) groups excluding carboxylic acids is 1. The van der Waals surface area contributed by atoms with Crippen molar-refractivity contribution in [3.8, 4) is 0 Å². The zero-order valence-corrected chi connectivity index (χ0v) is 10.2. The quantitative estimate of drug-likeness (QED) is 0.630. The van der Waals surface area contributed by atoms with Crippen LogP contribution in [0.5, 0.6) is 0 Å². The van der Waals surface area contributed by atoms with E-state index in [4.69, 9.17) is 5.11 Å². The van der Waals surface area contributed by atoms with E-state index in [9.17, 15) is 4.79 Å². The van der Waals surface area contributed by atoms with Crippen molar-refractivity contribution in [2.45, 2.75) is 52.6 Å². The van der Waals surface area contributed by atoms with E-state index in [1.54, 1.807) is 6.92 Å². The van der Waals surface area contributed by atoms with Crippen molar-refractivity contribution in [1.29, 1.82) is 0 Å². The molecule has 3 atom stereocenters. The van der Waals surface area contributed by atoms with Crippen LogP contribution in [0.2, 0.25) is 0 Å². The lowest BCUT2D eigenvalue weighted by molar-refractivity contribution is 0.216. The van der Waals surface area contributed by atoms with Gasteiger partial charge in [0, 0.05) is 6.04 Å². The summed E-state index contributed by atoms with van der Waals surface area (Å²) in [7, 11) is 0. The third-order valence-electron chi connectivity index (χ3n) is 2.48. The van der Waals surface area contributed by atoms with Gasteiger partial charge in [0.05, 0.1) is 12.6 Å². The Morgan fingerprint density at radius 1 is 1.20 bits per heavy atom. The third-order valence-corrected chi connectivity index (χ3v) is 2.48. The van der Waals surface area contributed by atoms with Gasteiger partial charge in [0.25, 0.3) is 0 Å². The summed E-state index contributed by atoms with van der Waals surface area (Å²) in [5, 5.41) is 14.3. The highest BCUT2D eigenvalue weighted by molar-refractivity contribution is 5.74. The number of nitrogens with one attached hydrogen (secondary N) is 2. The first-order chi connectivity index (χ1) is 6.99. The monoisotopic (exact) mass is 216 g/mol. The van der Waals surface area contributed by atoms with Crippen molar-refractivity contribution in [1.82, 2.24) is 10.6 Å². The van der Waals surface area contributed by atoms with Gasteiger partial charge in [0.2, 0.25) is 0 Å². The molecule has 0 fully saturated rings. The van der Waals surface area contributed by atoms with Crippen molar-refractivity contribution in [3.05, 3.63) is 0 Å². The van der Waals surface area contributed by atoms with Crippen molar-refractivity contribution >= 4 is 6.03 Å². The van der Waals surface area contributed by atoms with Gasteiger partial charge in [-0.25, -0.2) is 4.79 Å². The second kappa shape index (κ2) is 7.51. The molecule has 15 heavy (non-hydrogen) atoms. The average Bonchev–Trinajstić information content (AvgIpc) is 2.16. The molecule has 0 radical (unpaired) electrons. The molecule has 0 aromatic rings. The zero-order valence-electron chi connectivity index (χ0n) is 10.2. The predicted octanol–water partition coefficient (Wildman–Crippen LogP) is 1.49. The molecular formula is C11H24N2O2. The van der Waals surface area contributed by atoms with E-state index in [0.717, 1.165) is 12.8 Å². The molecule has 3 N–H and O–H groups in total. The molecule has 0 heterocycles. The van der Waals surface area contributed by atoms with Crippen LogP contribution in [-0.2, 0) is 0 Å². The van der Waals surface area contributed by atoms with E-state index in [-0.39, 0.29) is 24.7 Å². The number of hydrogen-bond donors (Lipinski definition) is 3. The van der Waals surface area contributed by atoms with Crippen LogP contribution in [0.25, 0.3) is 0 Å². The SMILES string of the molecule is CCC(C)CC(C)NC(=O)NC(C)CO. The molecule has 0 bridgehead atoms. The maximum absolute atomic E-state index is 11.4. The Labute approximate surface area is 92.4 Å². The Kier molecular flexibility index (Phi) is 7.13. The molecule has 0 spiro atoms. The molecule has 0 aromatic heterocycles. The summed E-state index contributed by atoms with van der Waals surface area (Å²) in [6.07, 6.45) is 2.11. The van der Waals surface area contributed by atoms with Gasteiger partial charge in [0.1, 0.15) is 0 Å². The molecule has 0 aliphatic rings. The van der Waals surface area contributed by atoms with Gasteiger partial charge in [-0.2, -0.15) is 0 Å². The average molecular weight is 216 g/mol. The van der Waals surface area contributed by atoms with Crippen LogP contribution >= 0.6 is 0 Å². The van der Waals surface area contributed by atoms with Gasteiger partial charge in [-0.05, 0) is 26.2 Å². The van der Waals surface area contributed by atoms with Gasteiger partial charge in [-0.15, -0.1) is 0 Å². The van der Waals surface area contributed by atoms with Crippen molar-refractivity contribution < 1.29 is 9.90 Å². The van der Waals surface area contributed by atoms with E-state index in [2.05, 4.69) is 24.5 Å². The van der Waals surface area contributed by atoms with Crippen LogP contribution in [0, 0.1) is 5.92 Å². The minimum atomic E-state index is -0.202. The van der Waals surface area contributed by atoms with Crippen molar-refractivity contribution in [2.24, 2.45) is 5.92 Å². The standard InChI is InChI=1S/C11H24N2O2/c1-5-8(2)6-9(3)12-11(15)13-10(4)7-14/h8-10,14H,5-7H2,1-4H3,(H2,12,13,15). The first kappa shape index (κ1) is 14.2. The summed E-state index contributed by atoms with van der Waals surface area (Å²) in [5.74, 6) is 0.621. The molecule has 4 nitrogen and oxygen atoms in total. The highest BCUT2D eigenvalue weighted by Gasteiger charge is 2.11. The Morgan fingerprint density at radius 3 is 2.20 bits per heavy atom. The number of hydrogen-bond acceptors (Lipinski definition) is 2. The van der Waals surface area contributed by atoms with E-state index < -0.39 is 0 Å². The van der Waals surface area contributed by atoms with Crippen LogP contribution in [0.1, 0.15) is 40.5 Å². The lowest BCUT2D eigenvalue weighted by Crippen LogP contribution is -2.45. The molecule has 0 rings (SSSR count). The number of aliphatic hydroxyl groups excluding tert-OH is 1. The maximum atomic E-state index is 11.4. The summed E-state index contributed by atoms with van der Waals surface area (Å²) >= 11 is 0. The molecule has 0 saturated carbocycles. The predicted molar refractivity (Wildman–Crippen MR) is 61.7 cm³/mol. The van der Waals surface area contributed by atoms with Crippen LogP contribution in [-0.4, -0.2) is 29.8 Å². The minimum absolute atomic E-state index is 0.0346. The molecule has 3 unspecified atom stereocenters. The van der Waals surface area contributed by atoms with Gasteiger partial charge in [-0.1, -0.05) is 20.3 Å². The summed E-state index contributed by atoms with van der Waals surface area (Å²) in [4.78, 5) is 11.4. The number of amides is 2. The Bertz CT molecular complexity index is 185. The summed E-state index contributed by atoms with van der Waals surface area (Å²) < 4.78 is 0. The maximum Gasteiger partial charge on any atom is 0.315 e. The largest absolute Gasteiger partial charge is 0.394 e. The highest BCUT2D eigenvalue weighted by atomic mass is 16.3. The molecule has 0 aliphatic carbocycles. The Morgan fingerprint density at radius 2 is 1.73 bits per heavy atom. The van der Waals surface area contributed by atoms with E-state index in [1.807, 2.05) is 6.92 Å². The number of aliphatic hydroxyl groups is 1. The van der Waals surface area contributed by atoms with Crippen molar-refractivity contribution in [3.63, 3.8) is 0 Å². The lowest BCUT2D eigenvalue weighted by Gasteiger charge is -2.19. The van der Waals surface area contributed by atoms with E-state index in [0.29, 0.717) is 5.92 Å². The fourth-order valence-corrected chi connectivity index (χ4v) is 1.36. The van der Waals surface area contributed by atoms with Gasteiger partial charge in [0.15, 0.2) is 0 Å². The molecule has 0 aromatic carbocycles. The summed E-state index contributed by atoms with van der Waals surface area (Å²) in [6, 6.07) is -0.223. The second-order valence-corrected chi connectivity index (χ2v) is 4.35. The molecule has 0 aliphatic heterocycles. The number of carbonyl (C=O) groups is 1. The van der Waals surface area contributed by atoms with E-state index in [1.165, 1.54) is 0 Å². The fraction of sp³-hybridized carbons (Fsp3) is 0.909. The van der Waals surface area contributed by atoms with Crippen molar-refractivity contribution in [2.75, 3.05) is 6.61 Å². The molecule has 90 valence electrons. The summed E-state index contributed by atoms with van der Waals surface area (Å²) in [5.41, 5.74) is 0. The fourth-order valence-electron chi connectivity index (χ4n) is 1.36. The van der Waals surface area contributed by atoms with Gasteiger partial charge in [-0.3, -0.25) is 0 Å². The molecule has 0 saturated heterocycles. The molecular weight excluding hydrogens is 192 g/mol. The lowest BCUT2D eigenvalue weighted by atomic mass is 10.0. The summed E-state index contributed by atoms with van der Waals surface area (Å²) in [6.45, 7) is 8.04. The number of rotatable bonds is 6.